The molecule has 0 atom stereocenters. The van der Waals surface area contributed by atoms with E-state index in [4.69, 9.17) is 0 Å². The molecule has 1 aromatic heterocycles. The Labute approximate surface area is 145 Å². The summed E-state index contributed by atoms with van der Waals surface area (Å²) in [4.78, 5) is 16.0. The normalized spacial score (nSPS) is 10.5. The van der Waals surface area contributed by atoms with Crippen molar-refractivity contribution in [2.24, 2.45) is 0 Å². The number of halogens is 4. The highest BCUT2D eigenvalue weighted by Crippen LogP contribution is 2.21. The molecule has 0 bridgehead atoms. The van der Waals surface area contributed by atoms with Crippen LogP contribution >= 0.6 is 0 Å². The van der Waals surface area contributed by atoms with Crippen LogP contribution in [0.1, 0.15) is 10.5 Å². The van der Waals surface area contributed by atoms with Crippen LogP contribution in [-0.2, 0) is 0 Å². The monoisotopic (exact) mass is 361 g/mol. The minimum Gasteiger partial charge on any atom is -0.354 e. The Kier molecular flexibility index (Phi) is 4.83. The zero-order valence-corrected chi connectivity index (χ0v) is 13.1. The Morgan fingerprint density at radius 1 is 0.808 bits per heavy atom. The lowest BCUT2D eigenvalue weighted by molar-refractivity contribution is 0.102. The van der Waals surface area contributed by atoms with Crippen LogP contribution < -0.4 is 10.6 Å². The van der Waals surface area contributed by atoms with Gasteiger partial charge in [-0.25, -0.2) is 22.5 Å². The third kappa shape index (κ3) is 3.80. The number of anilines is 3. The molecule has 26 heavy (non-hydrogen) atoms. The van der Waals surface area contributed by atoms with Gasteiger partial charge in [0.2, 0.25) is 0 Å². The van der Waals surface area contributed by atoms with Crippen LogP contribution in [0.25, 0.3) is 0 Å². The molecular formula is C18H11F4N3O. The number of pyridine rings is 1. The summed E-state index contributed by atoms with van der Waals surface area (Å²) in [6.45, 7) is 0. The summed E-state index contributed by atoms with van der Waals surface area (Å²) >= 11 is 0. The molecule has 8 heteroatoms. The highest BCUT2D eigenvalue weighted by atomic mass is 19.2. The van der Waals surface area contributed by atoms with Gasteiger partial charge in [0.1, 0.15) is 11.5 Å². The highest BCUT2D eigenvalue weighted by molar-refractivity contribution is 6.03. The van der Waals surface area contributed by atoms with E-state index in [2.05, 4.69) is 15.6 Å². The van der Waals surface area contributed by atoms with E-state index in [9.17, 15) is 22.4 Å². The highest BCUT2D eigenvalue weighted by Gasteiger charge is 2.16. The Balaban J connectivity index is 1.71. The summed E-state index contributed by atoms with van der Waals surface area (Å²) in [5.74, 6) is -5.68. The lowest BCUT2D eigenvalue weighted by Crippen LogP contribution is -2.15. The summed E-state index contributed by atoms with van der Waals surface area (Å²) < 4.78 is 52.5. The summed E-state index contributed by atoms with van der Waals surface area (Å²) in [6, 6.07) is 10.1. The quantitative estimate of drug-likeness (QED) is 0.526. The van der Waals surface area contributed by atoms with Gasteiger partial charge in [-0.05, 0) is 48.5 Å². The average Bonchev–Trinajstić information content (AvgIpc) is 2.64. The van der Waals surface area contributed by atoms with Crippen molar-refractivity contribution in [2.45, 2.75) is 0 Å². The molecule has 3 rings (SSSR count). The first-order valence-corrected chi connectivity index (χ1v) is 7.37. The van der Waals surface area contributed by atoms with Crippen molar-refractivity contribution in [1.82, 2.24) is 4.98 Å². The third-order valence-corrected chi connectivity index (χ3v) is 3.41. The standard InChI is InChI=1S/C18H11F4N3O/c19-10-1-3-11(4-2-10)24-12-5-7-15(23-9-12)18(26)25-14-8-6-13(20)16(21)17(14)22/h1-9,24H,(H,25,26). The predicted molar refractivity (Wildman–Crippen MR) is 88.2 cm³/mol. The van der Waals surface area contributed by atoms with E-state index in [0.29, 0.717) is 17.4 Å². The maximum absolute atomic E-state index is 13.6. The molecule has 0 spiro atoms. The summed E-state index contributed by atoms with van der Waals surface area (Å²) in [7, 11) is 0. The van der Waals surface area contributed by atoms with Crippen molar-refractivity contribution in [2.75, 3.05) is 10.6 Å². The van der Waals surface area contributed by atoms with Gasteiger partial charge < -0.3 is 10.6 Å². The second-order valence-corrected chi connectivity index (χ2v) is 5.24. The molecule has 0 aliphatic rings. The Morgan fingerprint density at radius 2 is 1.50 bits per heavy atom. The number of carbonyl (C=O) groups is 1. The van der Waals surface area contributed by atoms with Gasteiger partial charge in [-0.15, -0.1) is 0 Å². The number of nitrogens with zero attached hydrogens (tertiary/aromatic N) is 1. The molecule has 0 fully saturated rings. The maximum Gasteiger partial charge on any atom is 0.274 e. The van der Waals surface area contributed by atoms with E-state index in [1.54, 1.807) is 0 Å². The number of benzene rings is 2. The second kappa shape index (κ2) is 7.22. The molecule has 0 unspecified atom stereocenters. The number of carbonyl (C=O) groups excluding carboxylic acids is 1. The number of hydrogen-bond donors (Lipinski definition) is 2. The summed E-state index contributed by atoms with van der Waals surface area (Å²) in [5, 5.41) is 5.08. The number of amides is 1. The van der Waals surface area contributed by atoms with Crippen molar-refractivity contribution in [1.29, 1.82) is 0 Å². The maximum atomic E-state index is 13.6. The average molecular weight is 361 g/mol. The summed E-state index contributed by atoms with van der Waals surface area (Å²) in [5.41, 5.74) is 0.601. The van der Waals surface area contributed by atoms with E-state index in [0.717, 1.165) is 6.07 Å². The van der Waals surface area contributed by atoms with Crippen LogP contribution in [0.4, 0.5) is 34.6 Å². The van der Waals surface area contributed by atoms with E-state index >= 15 is 0 Å². The fourth-order valence-electron chi connectivity index (χ4n) is 2.11. The number of aromatic nitrogens is 1. The number of rotatable bonds is 4. The van der Waals surface area contributed by atoms with Gasteiger partial charge in [-0.2, -0.15) is 0 Å². The van der Waals surface area contributed by atoms with Crippen LogP contribution in [0.2, 0.25) is 0 Å². The van der Waals surface area contributed by atoms with Crippen LogP contribution in [0.3, 0.4) is 0 Å². The molecule has 0 radical (unpaired) electrons. The van der Waals surface area contributed by atoms with E-state index in [-0.39, 0.29) is 11.5 Å². The Bertz CT molecular complexity index is 944. The first-order valence-electron chi connectivity index (χ1n) is 7.37. The van der Waals surface area contributed by atoms with Gasteiger partial charge in [0.05, 0.1) is 17.6 Å². The molecule has 0 aliphatic heterocycles. The molecule has 0 aliphatic carbocycles. The van der Waals surface area contributed by atoms with Crippen LogP contribution in [0.5, 0.6) is 0 Å². The molecular weight excluding hydrogens is 350 g/mol. The molecule has 0 saturated carbocycles. The van der Waals surface area contributed by atoms with Gasteiger partial charge in [-0.1, -0.05) is 0 Å². The molecule has 3 aromatic rings. The van der Waals surface area contributed by atoms with Crippen molar-refractivity contribution >= 4 is 23.0 Å². The van der Waals surface area contributed by atoms with Crippen LogP contribution in [-0.4, -0.2) is 10.9 Å². The van der Waals surface area contributed by atoms with Crippen molar-refractivity contribution in [3.8, 4) is 0 Å². The van der Waals surface area contributed by atoms with E-state index in [1.165, 1.54) is 42.6 Å². The predicted octanol–water partition coefficient (Wildman–Crippen LogP) is 4.63. The minimum absolute atomic E-state index is 0.0567. The molecule has 4 nitrogen and oxygen atoms in total. The van der Waals surface area contributed by atoms with Crippen LogP contribution in [0, 0.1) is 23.3 Å². The Hall–Kier alpha value is -3.42. The first-order chi connectivity index (χ1) is 12.4. The lowest BCUT2D eigenvalue weighted by atomic mass is 10.2. The fourth-order valence-corrected chi connectivity index (χ4v) is 2.11. The molecule has 2 aromatic carbocycles. The molecule has 0 saturated heterocycles. The van der Waals surface area contributed by atoms with Gasteiger partial charge in [0.15, 0.2) is 17.5 Å². The van der Waals surface area contributed by atoms with Crippen LogP contribution in [0.15, 0.2) is 54.7 Å². The van der Waals surface area contributed by atoms with Gasteiger partial charge in [0.25, 0.3) is 5.91 Å². The lowest BCUT2D eigenvalue weighted by Gasteiger charge is -2.08. The molecule has 132 valence electrons. The minimum atomic E-state index is -1.67. The SMILES string of the molecule is O=C(Nc1ccc(F)c(F)c1F)c1ccc(Nc2ccc(F)cc2)cn1. The van der Waals surface area contributed by atoms with Gasteiger partial charge >= 0.3 is 0 Å². The zero-order chi connectivity index (χ0) is 18.7. The Morgan fingerprint density at radius 3 is 2.15 bits per heavy atom. The third-order valence-electron chi connectivity index (χ3n) is 3.41. The van der Waals surface area contributed by atoms with E-state index < -0.39 is 29.0 Å². The molecule has 1 amide bonds. The fraction of sp³-hybridized carbons (Fsp3) is 0. The topological polar surface area (TPSA) is 54.0 Å². The zero-order valence-electron chi connectivity index (χ0n) is 13.1. The van der Waals surface area contributed by atoms with Crippen molar-refractivity contribution in [3.63, 3.8) is 0 Å². The van der Waals surface area contributed by atoms with Gasteiger partial charge in [-0.3, -0.25) is 4.79 Å². The first kappa shape index (κ1) is 17.4. The second-order valence-electron chi connectivity index (χ2n) is 5.24. The smallest absolute Gasteiger partial charge is 0.274 e. The van der Waals surface area contributed by atoms with Crippen molar-refractivity contribution < 1.29 is 22.4 Å². The van der Waals surface area contributed by atoms with Crippen molar-refractivity contribution in [3.05, 3.63) is 83.7 Å². The molecule has 2 N–H and O–H groups in total. The molecule has 1 heterocycles. The summed E-state index contributed by atoms with van der Waals surface area (Å²) in [6.07, 6.45) is 1.35. The van der Waals surface area contributed by atoms with E-state index in [1.807, 2.05) is 0 Å². The van der Waals surface area contributed by atoms with Gasteiger partial charge in [0, 0.05) is 5.69 Å². The number of hydrogen-bond acceptors (Lipinski definition) is 3. The largest absolute Gasteiger partial charge is 0.354 e. The number of nitrogens with one attached hydrogen (secondary N) is 2.